The van der Waals surface area contributed by atoms with Gasteiger partial charge in [-0.2, -0.15) is 40.2 Å². The van der Waals surface area contributed by atoms with Gasteiger partial charge in [0.2, 0.25) is 0 Å². The van der Waals surface area contributed by atoms with Crippen molar-refractivity contribution in [3.63, 3.8) is 0 Å². The molecule has 0 radical (unpaired) electrons. The highest BCUT2D eigenvalue weighted by Crippen LogP contribution is 2.50. The lowest BCUT2D eigenvalue weighted by atomic mass is 10.0. The standard InChI is InChI=1S/C19H15ClF8N4O2/c1-3-29-16(33)9-6-8(4-5-10(9)20)12-7-11(31-34-12)14-13(18(23,24)25)15(30-32(14)2)17(21,22)19(26,27)28/h4-7,16,29,33H,3H2,1-2H3. The number of benzene rings is 1. The second kappa shape index (κ2) is 8.82. The molecule has 0 saturated carbocycles. The number of rotatable bonds is 6. The minimum absolute atomic E-state index is 0.155. The molecule has 34 heavy (non-hydrogen) atoms. The molecule has 6 nitrogen and oxygen atoms in total. The molecule has 15 heteroatoms. The predicted molar refractivity (Wildman–Crippen MR) is 103 cm³/mol. The highest BCUT2D eigenvalue weighted by atomic mass is 35.5. The Kier molecular flexibility index (Phi) is 6.72. The summed E-state index contributed by atoms with van der Waals surface area (Å²) < 4.78 is 112. The van der Waals surface area contributed by atoms with Crippen LogP contribution in [0.25, 0.3) is 22.7 Å². The van der Waals surface area contributed by atoms with Crippen molar-refractivity contribution in [2.45, 2.75) is 31.4 Å². The molecule has 1 unspecified atom stereocenters. The van der Waals surface area contributed by atoms with Gasteiger partial charge in [-0.25, -0.2) is 0 Å². The van der Waals surface area contributed by atoms with Crippen LogP contribution in [0, 0.1) is 0 Å². The van der Waals surface area contributed by atoms with E-state index in [0.29, 0.717) is 6.54 Å². The lowest BCUT2D eigenvalue weighted by Crippen LogP contribution is -2.36. The van der Waals surface area contributed by atoms with E-state index in [4.69, 9.17) is 16.1 Å². The Morgan fingerprint density at radius 3 is 2.32 bits per heavy atom. The van der Waals surface area contributed by atoms with E-state index in [2.05, 4.69) is 15.6 Å². The van der Waals surface area contributed by atoms with Crippen LogP contribution in [-0.2, 0) is 19.1 Å². The number of nitrogens with zero attached hydrogens (tertiary/aromatic N) is 3. The third-order valence-electron chi connectivity index (χ3n) is 4.71. The van der Waals surface area contributed by atoms with Crippen LogP contribution in [0.5, 0.6) is 0 Å². The van der Waals surface area contributed by atoms with Gasteiger partial charge in [0, 0.05) is 29.3 Å². The van der Waals surface area contributed by atoms with Gasteiger partial charge in [-0.3, -0.25) is 10.00 Å². The first kappa shape index (κ1) is 25.9. The Morgan fingerprint density at radius 2 is 1.76 bits per heavy atom. The van der Waals surface area contributed by atoms with Gasteiger partial charge in [0.05, 0.1) is 0 Å². The molecule has 0 aliphatic rings. The average molecular weight is 519 g/mol. The zero-order valence-electron chi connectivity index (χ0n) is 17.2. The number of halogens is 9. The Morgan fingerprint density at radius 1 is 1.12 bits per heavy atom. The maximum Gasteiger partial charge on any atom is 0.459 e. The summed E-state index contributed by atoms with van der Waals surface area (Å²) in [7, 11) is 0.766. The molecule has 3 rings (SSSR count). The van der Waals surface area contributed by atoms with Crippen LogP contribution in [-0.4, -0.2) is 32.8 Å². The van der Waals surface area contributed by atoms with E-state index in [1.807, 2.05) is 0 Å². The first-order chi connectivity index (χ1) is 15.6. The molecule has 0 amide bonds. The summed E-state index contributed by atoms with van der Waals surface area (Å²) in [5.74, 6) is -6.05. The molecule has 1 aromatic carbocycles. The van der Waals surface area contributed by atoms with E-state index in [1.54, 1.807) is 6.92 Å². The first-order valence-corrected chi connectivity index (χ1v) is 9.75. The number of hydrogen-bond donors (Lipinski definition) is 2. The lowest BCUT2D eigenvalue weighted by Gasteiger charge is -2.19. The van der Waals surface area contributed by atoms with Crippen LogP contribution in [0.2, 0.25) is 5.02 Å². The number of aliphatic hydroxyl groups excluding tert-OH is 1. The molecular weight excluding hydrogens is 504 g/mol. The van der Waals surface area contributed by atoms with E-state index in [9.17, 15) is 40.2 Å². The largest absolute Gasteiger partial charge is 0.459 e. The van der Waals surface area contributed by atoms with E-state index in [1.165, 1.54) is 18.2 Å². The van der Waals surface area contributed by atoms with Crippen molar-refractivity contribution in [3.05, 3.63) is 46.1 Å². The molecule has 3 aromatic rings. The zero-order chi connectivity index (χ0) is 25.6. The molecule has 186 valence electrons. The summed E-state index contributed by atoms with van der Waals surface area (Å²) in [4.78, 5) is 0. The minimum Gasteiger partial charge on any atom is -0.374 e. The second-order valence-corrected chi connectivity index (χ2v) is 7.45. The fourth-order valence-electron chi connectivity index (χ4n) is 3.17. The third kappa shape index (κ3) is 4.61. The molecule has 2 N–H and O–H groups in total. The van der Waals surface area contributed by atoms with Crippen molar-refractivity contribution in [2.24, 2.45) is 7.05 Å². The normalized spacial score (nSPS) is 14.0. The van der Waals surface area contributed by atoms with Gasteiger partial charge in [-0.05, 0) is 24.7 Å². The minimum atomic E-state index is -6.32. The topological polar surface area (TPSA) is 76.1 Å². The monoisotopic (exact) mass is 518 g/mol. The summed E-state index contributed by atoms with van der Waals surface area (Å²) in [5, 5.41) is 19.2. The molecular formula is C19H15ClF8N4O2. The van der Waals surface area contributed by atoms with E-state index < -0.39 is 47.1 Å². The highest BCUT2D eigenvalue weighted by molar-refractivity contribution is 6.31. The van der Waals surface area contributed by atoms with Gasteiger partial charge in [-0.1, -0.05) is 23.7 Å². The molecule has 0 saturated heterocycles. The fraction of sp³-hybridized carbons (Fsp3) is 0.368. The van der Waals surface area contributed by atoms with Crippen molar-refractivity contribution in [1.82, 2.24) is 20.3 Å². The van der Waals surface area contributed by atoms with E-state index in [0.717, 1.165) is 13.1 Å². The highest BCUT2D eigenvalue weighted by Gasteiger charge is 2.64. The average Bonchev–Trinajstić information content (AvgIpc) is 3.32. The SMILES string of the molecule is CCNC(O)c1cc(-c2cc(-c3c(C(F)(F)F)c(C(F)(F)C(F)(F)F)nn3C)no2)ccc1Cl. The third-order valence-corrected chi connectivity index (χ3v) is 5.05. The zero-order valence-corrected chi connectivity index (χ0v) is 17.9. The van der Waals surface area contributed by atoms with Gasteiger partial charge in [0.15, 0.2) is 11.5 Å². The van der Waals surface area contributed by atoms with Gasteiger partial charge >= 0.3 is 18.3 Å². The van der Waals surface area contributed by atoms with Crippen LogP contribution in [0.15, 0.2) is 28.8 Å². The number of aliphatic hydroxyl groups is 1. The van der Waals surface area contributed by atoms with Gasteiger partial charge < -0.3 is 9.63 Å². The Bertz CT molecular complexity index is 1190. The van der Waals surface area contributed by atoms with Crippen LogP contribution in [0.1, 0.15) is 30.0 Å². The van der Waals surface area contributed by atoms with Crippen molar-refractivity contribution >= 4 is 11.6 Å². The van der Waals surface area contributed by atoms with Crippen molar-refractivity contribution < 1.29 is 44.8 Å². The van der Waals surface area contributed by atoms with Crippen LogP contribution in [0.4, 0.5) is 35.1 Å². The number of alkyl halides is 8. The Hall–Kier alpha value is -2.71. The predicted octanol–water partition coefficient (Wildman–Crippen LogP) is 5.67. The molecule has 2 aromatic heterocycles. The van der Waals surface area contributed by atoms with Gasteiger partial charge in [0.25, 0.3) is 0 Å². The molecule has 2 heterocycles. The fourth-order valence-corrected chi connectivity index (χ4v) is 3.39. The van der Waals surface area contributed by atoms with Gasteiger partial charge in [-0.15, -0.1) is 0 Å². The molecule has 0 aliphatic heterocycles. The summed E-state index contributed by atoms with van der Waals surface area (Å²) in [5.41, 5.74) is -6.25. The number of aryl methyl sites for hydroxylation is 1. The summed E-state index contributed by atoms with van der Waals surface area (Å²) in [6.07, 6.45) is -13.1. The lowest BCUT2D eigenvalue weighted by molar-refractivity contribution is -0.292. The molecule has 0 spiro atoms. The van der Waals surface area contributed by atoms with Crippen LogP contribution < -0.4 is 5.32 Å². The number of hydrogen-bond acceptors (Lipinski definition) is 5. The van der Waals surface area contributed by atoms with E-state index in [-0.39, 0.29) is 26.6 Å². The van der Waals surface area contributed by atoms with Crippen LogP contribution >= 0.6 is 11.6 Å². The van der Waals surface area contributed by atoms with Crippen molar-refractivity contribution in [2.75, 3.05) is 6.54 Å². The number of aromatic nitrogens is 3. The van der Waals surface area contributed by atoms with Crippen LogP contribution in [0.3, 0.4) is 0 Å². The van der Waals surface area contributed by atoms with E-state index >= 15 is 0 Å². The summed E-state index contributed by atoms with van der Waals surface area (Å²) in [6.45, 7) is 2.09. The molecule has 0 bridgehead atoms. The Labute approximate surface area is 191 Å². The van der Waals surface area contributed by atoms with Gasteiger partial charge in [0.1, 0.15) is 23.2 Å². The first-order valence-electron chi connectivity index (χ1n) is 9.37. The maximum atomic E-state index is 13.9. The number of nitrogens with one attached hydrogen (secondary N) is 1. The van der Waals surface area contributed by atoms with Crippen molar-refractivity contribution in [3.8, 4) is 22.7 Å². The maximum absolute atomic E-state index is 13.9. The smallest absolute Gasteiger partial charge is 0.374 e. The Balaban J connectivity index is 2.15. The molecule has 1 atom stereocenters. The summed E-state index contributed by atoms with van der Waals surface area (Å²) in [6, 6.07) is 5.00. The van der Waals surface area contributed by atoms with Crippen molar-refractivity contribution in [1.29, 1.82) is 0 Å². The quantitative estimate of drug-likeness (QED) is 0.325. The summed E-state index contributed by atoms with van der Waals surface area (Å²) >= 11 is 6.04. The molecule has 0 aliphatic carbocycles. The second-order valence-electron chi connectivity index (χ2n) is 7.04. The molecule has 0 fully saturated rings.